The van der Waals surface area contributed by atoms with Gasteiger partial charge in [0.25, 0.3) is 0 Å². The molecule has 0 radical (unpaired) electrons. The molecule has 0 saturated heterocycles. The van der Waals surface area contributed by atoms with Crippen LogP contribution in [0.2, 0.25) is 5.02 Å². The average molecular weight is 400 g/mol. The fourth-order valence-corrected chi connectivity index (χ4v) is 2.58. The second-order valence-electron chi connectivity index (χ2n) is 5.43. The zero-order valence-electron chi connectivity index (χ0n) is 13.1. The summed E-state index contributed by atoms with van der Waals surface area (Å²) in [5.41, 5.74) is 4.06. The van der Waals surface area contributed by atoms with Crippen molar-refractivity contribution in [3.63, 3.8) is 0 Å². The summed E-state index contributed by atoms with van der Waals surface area (Å²) in [6.07, 6.45) is 0. The van der Waals surface area contributed by atoms with E-state index >= 15 is 0 Å². The lowest BCUT2D eigenvalue weighted by atomic mass is 10.2. The maximum atomic E-state index is 6.01. The third-order valence-corrected chi connectivity index (χ3v) is 4.28. The minimum absolute atomic E-state index is 0.706. The van der Waals surface area contributed by atoms with Crippen LogP contribution in [0, 0.1) is 6.92 Å². The second kappa shape index (κ2) is 7.65. The molecule has 0 amide bonds. The fourth-order valence-electron chi connectivity index (χ4n) is 2.19. The van der Waals surface area contributed by atoms with Crippen LogP contribution in [-0.2, 0) is 0 Å². The Morgan fingerprint density at radius 1 is 0.875 bits per heavy atom. The van der Waals surface area contributed by atoms with Gasteiger partial charge in [-0.25, -0.2) is 4.99 Å². The SMILES string of the molecule is Cc1ccc(N=C(Nc2ccc(Br)cc2)c2ccc(Cl)cc2)cc1. The molecular weight excluding hydrogens is 384 g/mol. The van der Waals surface area contributed by atoms with Crippen molar-refractivity contribution >= 4 is 44.7 Å². The van der Waals surface area contributed by atoms with Gasteiger partial charge in [0.05, 0.1) is 5.69 Å². The molecule has 0 bridgehead atoms. The molecule has 3 rings (SSSR count). The molecule has 0 aromatic heterocycles. The summed E-state index contributed by atoms with van der Waals surface area (Å²) in [6.45, 7) is 2.06. The third-order valence-electron chi connectivity index (χ3n) is 3.50. The molecule has 0 unspecified atom stereocenters. The topological polar surface area (TPSA) is 24.4 Å². The number of anilines is 1. The van der Waals surface area contributed by atoms with Crippen molar-refractivity contribution in [2.24, 2.45) is 4.99 Å². The number of aryl methyl sites for hydroxylation is 1. The lowest BCUT2D eigenvalue weighted by Crippen LogP contribution is -2.13. The third kappa shape index (κ3) is 4.47. The van der Waals surface area contributed by atoms with Crippen molar-refractivity contribution in [3.05, 3.63) is 93.4 Å². The Balaban J connectivity index is 1.97. The van der Waals surface area contributed by atoms with Crippen LogP contribution in [0.3, 0.4) is 0 Å². The molecule has 0 atom stereocenters. The molecule has 24 heavy (non-hydrogen) atoms. The number of hydrogen-bond donors (Lipinski definition) is 1. The second-order valence-corrected chi connectivity index (χ2v) is 6.79. The molecule has 4 heteroatoms. The van der Waals surface area contributed by atoms with Gasteiger partial charge >= 0.3 is 0 Å². The Kier molecular flexibility index (Phi) is 5.34. The summed E-state index contributed by atoms with van der Waals surface area (Å²) in [7, 11) is 0. The maximum absolute atomic E-state index is 6.01. The van der Waals surface area contributed by atoms with E-state index in [1.54, 1.807) is 0 Å². The van der Waals surface area contributed by atoms with E-state index in [0.29, 0.717) is 5.02 Å². The van der Waals surface area contributed by atoms with E-state index < -0.39 is 0 Å². The van der Waals surface area contributed by atoms with E-state index in [0.717, 1.165) is 27.2 Å². The molecule has 0 aliphatic rings. The highest BCUT2D eigenvalue weighted by atomic mass is 79.9. The molecule has 0 aliphatic carbocycles. The number of nitrogens with one attached hydrogen (secondary N) is 1. The fraction of sp³-hybridized carbons (Fsp3) is 0.0500. The Morgan fingerprint density at radius 2 is 1.50 bits per heavy atom. The zero-order valence-corrected chi connectivity index (χ0v) is 15.5. The average Bonchev–Trinajstić information content (AvgIpc) is 2.59. The molecule has 2 nitrogen and oxygen atoms in total. The summed E-state index contributed by atoms with van der Waals surface area (Å²) < 4.78 is 1.04. The normalized spacial score (nSPS) is 11.4. The van der Waals surface area contributed by atoms with Crippen molar-refractivity contribution in [3.8, 4) is 0 Å². The first kappa shape index (κ1) is 16.7. The Hall–Kier alpha value is -2.10. The van der Waals surface area contributed by atoms with E-state index in [-0.39, 0.29) is 0 Å². The van der Waals surface area contributed by atoms with Gasteiger partial charge in [0.1, 0.15) is 5.84 Å². The molecule has 0 aliphatic heterocycles. The largest absolute Gasteiger partial charge is 0.340 e. The van der Waals surface area contributed by atoms with Crippen molar-refractivity contribution in [1.82, 2.24) is 0 Å². The molecule has 0 heterocycles. The summed E-state index contributed by atoms with van der Waals surface area (Å²) in [5.74, 6) is 0.776. The molecule has 1 N–H and O–H groups in total. The number of hydrogen-bond acceptors (Lipinski definition) is 1. The van der Waals surface area contributed by atoms with Crippen molar-refractivity contribution in [2.75, 3.05) is 5.32 Å². The van der Waals surface area contributed by atoms with E-state index in [9.17, 15) is 0 Å². The first-order chi connectivity index (χ1) is 11.6. The van der Waals surface area contributed by atoms with Crippen LogP contribution < -0.4 is 5.32 Å². The molecule has 0 saturated carbocycles. The van der Waals surface area contributed by atoms with Crippen molar-refractivity contribution < 1.29 is 0 Å². The van der Waals surface area contributed by atoms with Gasteiger partial charge in [0.2, 0.25) is 0 Å². The number of nitrogens with zero attached hydrogens (tertiary/aromatic N) is 1. The quantitative estimate of drug-likeness (QED) is 0.389. The van der Waals surface area contributed by atoms with Gasteiger partial charge < -0.3 is 5.32 Å². The van der Waals surface area contributed by atoms with E-state index in [4.69, 9.17) is 16.6 Å². The highest BCUT2D eigenvalue weighted by Gasteiger charge is 2.05. The Bertz CT molecular complexity index is 838. The summed E-state index contributed by atoms with van der Waals surface area (Å²) >= 11 is 9.46. The van der Waals surface area contributed by atoms with Gasteiger partial charge in [-0.2, -0.15) is 0 Å². The molecule has 0 fully saturated rings. The summed E-state index contributed by atoms with van der Waals surface area (Å²) in [6, 6.07) is 23.8. The van der Waals surface area contributed by atoms with Crippen LogP contribution >= 0.6 is 27.5 Å². The first-order valence-corrected chi connectivity index (χ1v) is 8.71. The molecule has 0 spiro atoms. The number of rotatable bonds is 3. The monoisotopic (exact) mass is 398 g/mol. The highest BCUT2D eigenvalue weighted by molar-refractivity contribution is 9.10. The number of aliphatic imine (C=N–C) groups is 1. The van der Waals surface area contributed by atoms with Gasteiger partial charge in [-0.1, -0.05) is 45.2 Å². The molecule has 3 aromatic carbocycles. The van der Waals surface area contributed by atoms with Gasteiger partial charge in [0, 0.05) is 20.7 Å². The van der Waals surface area contributed by atoms with Crippen LogP contribution in [0.1, 0.15) is 11.1 Å². The van der Waals surface area contributed by atoms with Gasteiger partial charge in [-0.05, 0) is 67.6 Å². The summed E-state index contributed by atoms with van der Waals surface area (Å²) in [5, 5.41) is 4.10. The predicted octanol–water partition coefficient (Wildman–Crippen LogP) is 6.60. The minimum atomic E-state index is 0.706. The van der Waals surface area contributed by atoms with Crippen LogP contribution in [0.25, 0.3) is 0 Å². The van der Waals surface area contributed by atoms with Gasteiger partial charge in [0.15, 0.2) is 0 Å². The van der Waals surface area contributed by atoms with Crippen LogP contribution in [0.15, 0.2) is 82.3 Å². The van der Waals surface area contributed by atoms with Gasteiger partial charge in [-0.3, -0.25) is 0 Å². The lowest BCUT2D eigenvalue weighted by Gasteiger charge is -2.11. The summed E-state index contributed by atoms with van der Waals surface area (Å²) in [4.78, 5) is 4.77. The Labute approximate surface area is 155 Å². The number of halogens is 2. The predicted molar refractivity (Wildman–Crippen MR) is 107 cm³/mol. The van der Waals surface area contributed by atoms with E-state index in [1.165, 1.54) is 5.56 Å². The van der Waals surface area contributed by atoms with Crippen LogP contribution in [-0.4, -0.2) is 5.84 Å². The van der Waals surface area contributed by atoms with Crippen LogP contribution in [0.4, 0.5) is 11.4 Å². The first-order valence-electron chi connectivity index (χ1n) is 7.54. The van der Waals surface area contributed by atoms with Crippen molar-refractivity contribution in [1.29, 1.82) is 0 Å². The Morgan fingerprint density at radius 3 is 2.12 bits per heavy atom. The molecule has 3 aromatic rings. The number of benzene rings is 3. The van der Waals surface area contributed by atoms with Crippen LogP contribution in [0.5, 0.6) is 0 Å². The molecule has 120 valence electrons. The maximum Gasteiger partial charge on any atom is 0.138 e. The molecular formula is C20H16BrClN2. The van der Waals surface area contributed by atoms with Crippen molar-refractivity contribution in [2.45, 2.75) is 6.92 Å². The zero-order chi connectivity index (χ0) is 16.9. The minimum Gasteiger partial charge on any atom is -0.340 e. The smallest absolute Gasteiger partial charge is 0.138 e. The van der Waals surface area contributed by atoms with Gasteiger partial charge in [-0.15, -0.1) is 0 Å². The van der Waals surface area contributed by atoms with E-state index in [1.807, 2.05) is 60.7 Å². The number of amidine groups is 1. The standard InChI is InChI=1S/C20H16BrClN2/c1-14-2-10-18(11-3-14)23-20(15-4-8-17(22)9-5-15)24-19-12-6-16(21)7-13-19/h2-13H,1H3,(H,23,24). The van der Waals surface area contributed by atoms with E-state index in [2.05, 4.69) is 40.3 Å². The lowest BCUT2D eigenvalue weighted by molar-refractivity contribution is 1.42. The highest BCUT2D eigenvalue weighted by Crippen LogP contribution is 2.19.